The third-order valence-corrected chi connectivity index (χ3v) is 9.98. The fourth-order valence-electron chi connectivity index (χ4n) is 1.92. The zero-order chi connectivity index (χ0) is 12.9. The summed E-state index contributed by atoms with van der Waals surface area (Å²) in [4.78, 5) is 0. The van der Waals surface area contributed by atoms with Crippen LogP contribution in [0.3, 0.4) is 0 Å². The van der Waals surface area contributed by atoms with Gasteiger partial charge in [0.2, 0.25) is 0 Å². The Balaban J connectivity index is 2.76. The highest BCUT2D eigenvalue weighted by Gasteiger charge is 2.33. The maximum Gasteiger partial charge on any atom is 0.318 e. The second-order valence-electron chi connectivity index (χ2n) is 4.82. The first-order valence-electron chi connectivity index (χ1n) is 5.93. The van der Waals surface area contributed by atoms with Gasteiger partial charge in [-0.15, -0.1) is 0 Å². The quantitative estimate of drug-likeness (QED) is 0.745. The second kappa shape index (κ2) is 6.65. The Hall–Kier alpha value is -0.209. The molecule has 0 unspecified atom stereocenters. The molecule has 1 rings (SSSR count). The molecule has 0 heterocycles. The van der Waals surface area contributed by atoms with Crippen LogP contribution in [0.1, 0.15) is 5.56 Å². The molecule has 0 saturated carbocycles. The molecule has 0 spiro atoms. The van der Waals surface area contributed by atoms with Crippen molar-refractivity contribution in [1.82, 2.24) is 0 Å². The van der Waals surface area contributed by atoms with Gasteiger partial charge in [-0.25, -0.2) is 0 Å². The maximum absolute atomic E-state index is 6.20. The first kappa shape index (κ1) is 14.9. The van der Waals surface area contributed by atoms with Gasteiger partial charge in [-0.1, -0.05) is 30.3 Å². The van der Waals surface area contributed by atoms with Crippen LogP contribution in [0.25, 0.3) is 0 Å². The highest BCUT2D eigenvalue weighted by Crippen LogP contribution is 2.17. The SMILES string of the molecule is C[Si](C)O[Si](C)(Cc1ccccc1)O[Si](C)C. The van der Waals surface area contributed by atoms with Gasteiger partial charge in [0.05, 0.1) is 0 Å². The molecule has 0 N–H and O–H groups in total. The molecule has 0 aliphatic carbocycles. The van der Waals surface area contributed by atoms with E-state index in [2.05, 4.69) is 57.0 Å². The lowest BCUT2D eigenvalue weighted by molar-refractivity contribution is 0.402. The normalized spacial score (nSPS) is 12.4. The molecule has 0 aliphatic rings. The molecule has 5 heteroatoms. The number of rotatable bonds is 6. The van der Waals surface area contributed by atoms with Crippen LogP contribution < -0.4 is 0 Å². The highest BCUT2D eigenvalue weighted by atomic mass is 28.5. The Labute approximate surface area is 110 Å². The van der Waals surface area contributed by atoms with Gasteiger partial charge in [-0.05, 0) is 38.3 Å². The van der Waals surface area contributed by atoms with E-state index in [-0.39, 0.29) is 0 Å². The average Bonchev–Trinajstić information content (AvgIpc) is 2.15. The molecule has 17 heavy (non-hydrogen) atoms. The van der Waals surface area contributed by atoms with Crippen LogP contribution in [0.5, 0.6) is 0 Å². The molecule has 1 aromatic carbocycles. The zero-order valence-electron chi connectivity index (χ0n) is 11.4. The molecule has 0 aromatic heterocycles. The predicted octanol–water partition coefficient (Wildman–Crippen LogP) is 3.38. The Morgan fingerprint density at radius 2 is 1.41 bits per heavy atom. The summed E-state index contributed by atoms with van der Waals surface area (Å²) in [5.74, 6) is 0. The van der Waals surface area contributed by atoms with Crippen molar-refractivity contribution in [3.8, 4) is 0 Å². The van der Waals surface area contributed by atoms with E-state index >= 15 is 0 Å². The van der Waals surface area contributed by atoms with Crippen LogP contribution >= 0.6 is 0 Å². The lowest BCUT2D eigenvalue weighted by Gasteiger charge is -2.31. The van der Waals surface area contributed by atoms with Crippen molar-refractivity contribution in [1.29, 1.82) is 0 Å². The fraction of sp³-hybridized carbons (Fsp3) is 0.500. The van der Waals surface area contributed by atoms with Crippen LogP contribution in [0, 0.1) is 0 Å². The third-order valence-electron chi connectivity index (χ3n) is 2.21. The van der Waals surface area contributed by atoms with Gasteiger partial charge in [0.15, 0.2) is 18.1 Å². The van der Waals surface area contributed by atoms with Crippen molar-refractivity contribution < 1.29 is 8.23 Å². The largest absolute Gasteiger partial charge is 0.436 e. The smallest absolute Gasteiger partial charge is 0.318 e. The first-order chi connectivity index (χ1) is 7.91. The van der Waals surface area contributed by atoms with E-state index in [0.29, 0.717) is 0 Å². The predicted molar refractivity (Wildman–Crippen MR) is 78.9 cm³/mol. The molecule has 0 fully saturated rings. The van der Waals surface area contributed by atoms with Gasteiger partial charge in [-0.2, -0.15) is 0 Å². The maximum atomic E-state index is 6.20. The summed E-state index contributed by atoms with van der Waals surface area (Å²) in [6.07, 6.45) is 0. The van der Waals surface area contributed by atoms with Gasteiger partial charge in [0, 0.05) is 6.04 Å². The van der Waals surface area contributed by atoms with Crippen molar-refractivity contribution >= 4 is 26.6 Å². The molecule has 2 nitrogen and oxygen atoms in total. The summed E-state index contributed by atoms with van der Waals surface area (Å²) in [7, 11) is -3.43. The van der Waals surface area contributed by atoms with Crippen molar-refractivity contribution in [2.45, 2.75) is 38.8 Å². The standard InChI is InChI=1S/C12H22O2Si3/c1-15(2)13-17(5,14-16(3)4)11-12-9-7-6-8-10-12/h6-10H,11H2,1-5H3. The second-order valence-corrected chi connectivity index (χ2v) is 12.7. The minimum Gasteiger partial charge on any atom is -0.436 e. The van der Waals surface area contributed by atoms with Crippen molar-refractivity contribution in [2.75, 3.05) is 0 Å². The van der Waals surface area contributed by atoms with Crippen molar-refractivity contribution in [3.63, 3.8) is 0 Å². The van der Waals surface area contributed by atoms with E-state index in [1.54, 1.807) is 0 Å². The van der Waals surface area contributed by atoms with Gasteiger partial charge in [-0.3, -0.25) is 0 Å². The molecule has 0 aliphatic heterocycles. The van der Waals surface area contributed by atoms with Crippen molar-refractivity contribution in [3.05, 3.63) is 35.9 Å². The summed E-state index contributed by atoms with van der Waals surface area (Å²) < 4.78 is 12.4. The van der Waals surface area contributed by atoms with E-state index in [4.69, 9.17) is 8.23 Å². The lowest BCUT2D eigenvalue weighted by atomic mass is 10.2. The summed E-state index contributed by atoms with van der Waals surface area (Å²) in [5, 5.41) is 0. The monoisotopic (exact) mass is 282 g/mol. The van der Waals surface area contributed by atoms with Crippen LogP contribution in [0.2, 0.25) is 32.7 Å². The summed E-state index contributed by atoms with van der Waals surface area (Å²) >= 11 is 0. The minimum atomic E-state index is -2.03. The molecule has 0 saturated heterocycles. The summed E-state index contributed by atoms with van der Waals surface area (Å²) in [5.41, 5.74) is 1.33. The highest BCUT2D eigenvalue weighted by molar-refractivity contribution is 6.78. The van der Waals surface area contributed by atoms with E-state index < -0.39 is 26.6 Å². The number of hydrogen-bond acceptors (Lipinski definition) is 2. The molecule has 2 radical (unpaired) electrons. The van der Waals surface area contributed by atoms with Crippen LogP contribution in [-0.4, -0.2) is 26.6 Å². The molecule has 0 bridgehead atoms. The molecular weight excluding hydrogens is 260 g/mol. The van der Waals surface area contributed by atoms with Crippen LogP contribution in [0.4, 0.5) is 0 Å². The summed E-state index contributed by atoms with van der Waals surface area (Å²) in [6, 6.07) is 11.5. The molecule has 94 valence electrons. The molecular formula is C12H22O2Si3. The number of benzene rings is 1. The Kier molecular flexibility index (Phi) is 5.81. The van der Waals surface area contributed by atoms with E-state index in [1.807, 2.05) is 6.07 Å². The van der Waals surface area contributed by atoms with Gasteiger partial charge in [0.1, 0.15) is 0 Å². The Morgan fingerprint density at radius 3 is 1.82 bits per heavy atom. The Bertz CT molecular complexity index is 318. The zero-order valence-corrected chi connectivity index (χ0v) is 14.4. The minimum absolute atomic E-state index is 0.702. The average molecular weight is 283 g/mol. The molecule has 0 amide bonds. The fourth-order valence-corrected chi connectivity index (χ4v) is 10.9. The van der Waals surface area contributed by atoms with Gasteiger partial charge < -0.3 is 8.23 Å². The Morgan fingerprint density at radius 1 is 0.941 bits per heavy atom. The van der Waals surface area contributed by atoms with Gasteiger partial charge >= 0.3 is 8.56 Å². The molecule has 0 atom stereocenters. The third kappa shape index (κ3) is 5.78. The molecule has 1 aromatic rings. The van der Waals surface area contributed by atoms with E-state index in [1.165, 1.54) is 5.56 Å². The van der Waals surface area contributed by atoms with Crippen LogP contribution in [0.15, 0.2) is 30.3 Å². The van der Waals surface area contributed by atoms with Crippen LogP contribution in [-0.2, 0) is 14.3 Å². The number of hydrogen-bond donors (Lipinski definition) is 0. The lowest BCUT2D eigenvalue weighted by Crippen LogP contribution is -2.47. The van der Waals surface area contributed by atoms with E-state index in [0.717, 1.165) is 6.04 Å². The topological polar surface area (TPSA) is 18.5 Å². The summed E-state index contributed by atoms with van der Waals surface area (Å²) in [6.45, 7) is 10.9. The first-order valence-corrected chi connectivity index (χ1v) is 13.3. The van der Waals surface area contributed by atoms with E-state index in [9.17, 15) is 0 Å². The van der Waals surface area contributed by atoms with Crippen molar-refractivity contribution in [2.24, 2.45) is 0 Å². The van der Waals surface area contributed by atoms with Gasteiger partial charge in [0.25, 0.3) is 0 Å².